The van der Waals surface area contributed by atoms with Gasteiger partial charge in [0.2, 0.25) is 5.91 Å². The lowest BCUT2D eigenvalue weighted by Gasteiger charge is -2.34. The summed E-state index contributed by atoms with van der Waals surface area (Å²) in [6.45, 7) is 8.57. The highest BCUT2D eigenvalue weighted by molar-refractivity contribution is 7.92. The number of ether oxygens (including phenoxy) is 1. The standard InChI is InChI=1S/C15H28N2O4S/c1-3-9-22(19,20)12-15(18)17-10-13(4-2)14(11-17)16-5-7-21-8-6-16/h13-14H,3-12H2,1-2H3/t13-,14+/m1/s1. The molecule has 0 aliphatic carbocycles. The van der Waals surface area contributed by atoms with Crippen LogP contribution in [-0.2, 0) is 19.4 Å². The molecule has 22 heavy (non-hydrogen) atoms. The van der Waals surface area contributed by atoms with Gasteiger partial charge in [-0.05, 0) is 12.3 Å². The maximum Gasteiger partial charge on any atom is 0.237 e. The van der Waals surface area contributed by atoms with E-state index in [1.54, 1.807) is 4.90 Å². The highest BCUT2D eigenvalue weighted by Gasteiger charge is 2.38. The van der Waals surface area contributed by atoms with Gasteiger partial charge in [-0.3, -0.25) is 9.69 Å². The molecule has 0 bridgehead atoms. The van der Waals surface area contributed by atoms with E-state index < -0.39 is 9.84 Å². The van der Waals surface area contributed by atoms with Crippen LogP contribution in [0.2, 0.25) is 0 Å². The van der Waals surface area contributed by atoms with Crippen LogP contribution in [0.3, 0.4) is 0 Å². The quantitative estimate of drug-likeness (QED) is 0.703. The van der Waals surface area contributed by atoms with Crippen LogP contribution in [0.5, 0.6) is 0 Å². The topological polar surface area (TPSA) is 66.9 Å². The van der Waals surface area contributed by atoms with E-state index in [0.717, 1.165) is 32.7 Å². The fourth-order valence-corrected chi connectivity index (χ4v) is 4.77. The minimum Gasteiger partial charge on any atom is -0.379 e. The minimum atomic E-state index is -3.26. The Morgan fingerprint density at radius 1 is 1.18 bits per heavy atom. The van der Waals surface area contributed by atoms with Crippen molar-refractivity contribution < 1.29 is 17.9 Å². The molecule has 2 rings (SSSR count). The zero-order chi connectivity index (χ0) is 16.2. The number of likely N-dealkylation sites (tertiary alicyclic amines) is 1. The zero-order valence-electron chi connectivity index (χ0n) is 13.7. The maximum absolute atomic E-state index is 12.3. The molecule has 2 fully saturated rings. The SMILES string of the molecule is CCCS(=O)(=O)CC(=O)N1C[C@@H](CC)[C@@H](N2CCOCC2)C1. The number of rotatable bonds is 6. The minimum absolute atomic E-state index is 0.0939. The van der Waals surface area contributed by atoms with Crippen molar-refractivity contribution in [2.24, 2.45) is 5.92 Å². The molecular formula is C15H28N2O4S. The van der Waals surface area contributed by atoms with Gasteiger partial charge in [0, 0.05) is 32.2 Å². The van der Waals surface area contributed by atoms with E-state index >= 15 is 0 Å². The molecule has 2 aliphatic rings. The van der Waals surface area contributed by atoms with Gasteiger partial charge in [-0.25, -0.2) is 8.42 Å². The van der Waals surface area contributed by atoms with E-state index in [2.05, 4.69) is 11.8 Å². The van der Waals surface area contributed by atoms with Crippen LogP contribution >= 0.6 is 0 Å². The first-order valence-corrected chi connectivity index (χ1v) is 10.1. The number of carbonyl (C=O) groups is 1. The molecule has 0 N–H and O–H groups in total. The Kier molecular flexibility index (Phi) is 6.23. The molecule has 2 heterocycles. The number of morpholine rings is 1. The van der Waals surface area contributed by atoms with Gasteiger partial charge in [-0.15, -0.1) is 0 Å². The van der Waals surface area contributed by atoms with Gasteiger partial charge in [0.25, 0.3) is 0 Å². The molecule has 0 aromatic heterocycles. The van der Waals surface area contributed by atoms with E-state index in [0.29, 0.717) is 31.5 Å². The first kappa shape index (κ1) is 17.7. The summed E-state index contributed by atoms with van der Waals surface area (Å²) in [5.74, 6) is -0.0531. The van der Waals surface area contributed by atoms with E-state index in [1.165, 1.54) is 0 Å². The molecule has 6 nitrogen and oxygen atoms in total. The smallest absolute Gasteiger partial charge is 0.237 e. The fourth-order valence-electron chi connectivity index (χ4n) is 3.44. The number of nitrogens with zero attached hydrogens (tertiary/aromatic N) is 2. The second kappa shape index (κ2) is 7.75. The van der Waals surface area contributed by atoms with Crippen molar-refractivity contribution in [2.75, 3.05) is 50.9 Å². The van der Waals surface area contributed by atoms with Crippen molar-refractivity contribution in [2.45, 2.75) is 32.7 Å². The maximum atomic E-state index is 12.3. The van der Waals surface area contributed by atoms with Crippen LogP contribution in [-0.4, -0.2) is 81.1 Å². The monoisotopic (exact) mass is 332 g/mol. The summed E-state index contributed by atoms with van der Waals surface area (Å²) >= 11 is 0. The summed E-state index contributed by atoms with van der Waals surface area (Å²) in [5, 5.41) is 0. The largest absolute Gasteiger partial charge is 0.379 e. The lowest BCUT2D eigenvalue weighted by Crippen LogP contribution is -2.47. The zero-order valence-corrected chi connectivity index (χ0v) is 14.5. The van der Waals surface area contributed by atoms with Crippen molar-refractivity contribution in [3.63, 3.8) is 0 Å². The molecule has 2 saturated heterocycles. The molecule has 0 spiro atoms. The Hall–Kier alpha value is -0.660. The lowest BCUT2D eigenvalue weighted by atomic mass is 9.99. The molecule has 7 heteroatoms. The second-order valence-electron chi connectivity index (χ2n) is 6.27. The molecule has 0 aromatic rings. The van der Waals surface area contributed by atoms with Gasteiger partial charge in [0.1, 0.15) is 5.75 Å². The van der Waals surface area contributed by atoms with Crippen molar-refractivity contribution >= 4 is 15.7 Å². The Morgan fingerprint density at radius 3 is 2.45 bits per heavy atom. The van der Waals surface area contributed by atoms with E-state index in [-0.39, 0.29) is 17.4 Å². The van der Waals surface area contributed by atoms with Gasteiger partial charge in [0.05, 0.1) is 19.0 Å². The highest BCUT2D eigenvalue weighted by Crippen LogP contribution is 2.25. The average molecular weight is 332 g/mol. The lowest BCUT2D eigenvalue weighted by molar-refractivity contribution is -0.127. The molecule has 0 unspecified atom stereocenters. The van der Waals surface area contributed by atoms with Gasteiger partial charge >= 0.3 is 0 Å². The Balaban J connectivity index is 1.97. The van der Waals surface area contributed by atoms with Gasteiger partial charge in [0.15, 0.2) is 9.84 Å². The predicted molar refractivity (Wildman–Crippen MR) is 85.5 cm³/mol. The average Bonchev–Trinajstić information content (AvgIpc) is 2.92. The first-order chi connectivity index (χ1) is 10.5. The highest BCUT2D eigenvalue weighted by atomic mass is 32.2. The van der Waals surface area contributed by atoms with E-state index in [4.69, 9.17) is 4.74 Å². The van der Waals surface area contributed by atoms with Crippen LogP contribution < -0.4 is 0 Å². The Bertz CT molecular complexity index is 474. The Morgan fingerprint density at radius 2 is 1.86 bits per heavy atom. The number of sulfone groups is 1. The molecule has 0 radical (unpaired) electrons. The van der Waals surface area contributed by atoms with Gasteiger partial charge in [-0.1, -0.05) is 20.3 Å². The molecule has 2 atom stereocenters. The molecule has 0 aromatic carbocycles. The molecule has 128 valence electrons. The Labute approximate surface area is 133 Å². The fraction of sp³-hybridized carbons (Fsp3) is 0.933. The summed E-state index contributed by atoms with van der Waals surface area (Å²) in [7, 11) is -3.26. The van der Waals surface area contributed by atoms with Crippen molar-refractivity contribution in [1.29, 1.82) is 0 Å². The van der Waals surface area contributed by atoms with Crippen molar-refractivity contribution in [3.05, 3.63) is 0 Å². The van der Waals surface area contributed by atoms with Crippen molar-refractivity contribution in [1.82, 2.24) is 9.80 Å². The molecule has 1 amide bonds. The summed E-state index contributed by atoms with van der Waals surface area (Å²) < 4.78 is 29.1. The van der Waals surface area contributed by atoms with Crippen LogP contribution in [0.15, 0.2) is 0 Å². The number of hydrogen-bond acceptors (Lipinski definition) is 5. The third-order valence-electron chi connectivity index (χ3n) is 4.66. The summed E-state index contributed by atoms with van der Waals surface area (Å²) in [5.41, 5.74) is 0. The number of hydrogen-bond donors (Lipinski definition) is 0. The molecule has 2 aliphatic heterocycles. The summed E-state index contributed by atoms with van der Waals surface area (Å²) in [6, 6.07) is 0.340. The summed E-state index contributed by atoms with van der Waals surface area (Å²) in [4.78, 5) is 16.5. The van der Waals surface area contributed by atoms with Gasteiger partial charge in [-0.2, -0.15) is 0 Å². The predicted octanol–water partition coefficient (Wildman–Crippen LogP) is 0.380. The van der Waals surface area contributed by atoms with Crippen molar-refractivity contribution in [3.8, 4) is 0 Å². The number of carbonyl (C=O) groups excluding carboxylic acids is 1. The summed E-state index contributed by atoms with van der Waals surface area (Å²) in [6.07, 6.45) is 1.57. The second-order valence-corrected chi connectivity index (χ2v) is 8.46. The molecule has 0 saturated carbocycles. The van der Waals surface area contributed by atoms with Crippen LogP contribution in [0.25, 0.3) is 0 Å². The third kappa shape index (κ3) is 4.43. The van der Waals surface area contributed by atoms with Crippen LogP contribution in [0.1, 0.15) is 26.7 Å². The van der Waals surface area contributed by atoms with E-state index in [1.807, 2.05) is 6.92 Å². The first-order valence-electron chi connectivity index (χ1n) is 8.26. The molecular weight excluding hydrogens is 304 g/mol. The number of amides is 1. The third-order valence-corrected chi connectivity index (χ3v) is 6.37. The normalized spacial score (nSPS) is 27.3. The van der Waals surface area contributed by atoms with E-state index in [9.17, 15) is 13.2 Å². The van der Waals surface area contributed by atoms with Crippen LogP contribution in [0.4, 0.5) is 0 Å². The van der Waals surface area contributed by atoms with Gasteiger partial charge < -0.3 is 9.64 Å². The van der Waals surface area contributed by atoms with Crippen LogP contribution in [0, 0.1) is 5.92 Å².